The number of nitrogens with one attached hydrogen (secondary N) is 1. The minimum atomic E-state index is -0.511. The molecule has 0 aliphatic carbocycles. The van der Waals surface area contributed by atoms with Gasteiger partial charge in [-0.15, -0.1) is 0 Å². The first-order valence-corrected chi connectivity index (χ1v) is 5.04. The number of aromatic nitrogens is 2. The maximum Gasteiger partial charge on any atom is 0.280 e. The summed E-state index contributed by atoms with van der Waals surface area (Å²) >= 11 is 0. The van der Waals surface area contributed by atoms with Crippen LogP contribution in [0.5, 0.6) is 0 Å². The molecule has 0 aliphatic heterocycles. The van der Waals surface area contributed by atoms with Gasteiger partial charge in [0.15, 0.2) is 0 Å². The highest BCUT2D eigenvalue weighted by Gasteiger charge is 2.21. The minimum absolute atomic E-state index is 0.0183. The fourth-order valence-electron chi connectivity index (χ4n) is 1.18. The first-order valence-electron chi connectivity index (χ1n) is 5.04. The summed E-state index contributed by atoms with van der Waals surface area (Å²) in [6, 6.07) is 0.0183. The zero-order valence-corrected chi connectivity index (χ0v) is 9.93. The molecule has 0 saturated carbocycles. The molecular weight excluding hydrogens is 226 g/mol. The molecule has 8 heteroatoms. The number of anilines is 1. The number of carbonyl (C=O) groups is 2. The fourth-order valence-corrected chi connectivity index (χ4v) is 1.18. The lowest BCUT2D eigenvalue weighted by Crippen LogP contribution is -2.41. The number of carbonyl (C=O) groups excluding carboxylic acids is 2. The number of nitrogens with zero attached hydrogens (tertiary/aromatic N) is 3. The average Bonchev–Trinajstić information content (AvgIpc) is 2.61. The van der Waals surface area contributed by atoms with E-state index in [1.807, 2.05) is 13.8 Å². The molecule has 2 amide bonds. The third kappa shape index (κ3) is 3.44. The van der Waals surface area contributed by atoms with Gasteiger partial charge in [-0.05, 0) is 24.2 Å². The van der Waals surface area contributed by atoms with Crippen molar-refractivity contribution >= 4 is 17.6 Å². The van der Waals surface area contributed by atoms with Crippen LogP contribution in [0.4, 0.5) is 5.82 Å². The zero-order valence-electron chi connectivity index (χ0n) is 9.93. The molecule has 0 aliphatic rings. The number of hydrogen-bond acceptors (Lipinski definition) is 6. The normalized spacial score (nSPS) is 10.4. The van der Waals surface area contributed by atoms with Crippen molar-refractivity contribution in [2.45, 2.75) is 19.9 Å². The van der Waals surface area contributed by atoms with Crippen LogP contribution < -0.4 is 11.1 Å². The smallest absolute Gasteiger partial charge is 0.280 e. The second kappa shape index (κ2) is 5.28. The Labute approximate surface area is 98.1 Å². The molecule has 0 atom stereocenters. The molecule has 8 nitrogen and oxygen atoms in total. The van der Waals surface area contributed by atoms with Gasteiger partial charge in [0.05, 0.1) is 6.54 Å². The maximum atomic E-state index is 11.8. The molecule has 0 fully saturated rings. The Morgan fingerprint density at radius 3 is 2.59 bits per heavy atom. The third-order valence-corrected chi connectivity index (χ3v) is 1.89. The fraction of sp³-hybridized carbons (Fsp3) is 0.556. The Bertz CT molecular complexity index is 415. The molecule has 94 valence electrons. The quantitative estimate of drug-likeness (QED) is 0.716. The van der Waals surface area contributed by atoms with Gasteiger partial charge in [0.25, 0.3) is 5.91 Å². The molecule has 0 spiro atoms. The molecule has 0 radical (unpaired) electrons. The Hall–Kier alpha value is -2.12. The van der Waals surface area contributed by atoms with Crippen molar-refractivity contribution in [1.29, 1.82) is 0 Å². The second-order valence-corrected chi connectivity index (χ2v) is 3.88. The standard InChI is InChI=1S/C9H15N5O3/c1-5(2)11-6(15)4-14(3)9(16)7-8(10)13-17-12-7/h5H,4H2,1-3H3,(H2,10,13)(H,11,15). The number of likely N-dealkylation sites (N-methyl/N-ethyl adjacent to an activating group) is 1. The highest BCUT2D eigenvalue weighted by Crippen LogP contribution is 2.06. The van der Waals surface area contributed by atoms with Crippen LogP contribution in [0.15, 0.2) is 4.63 Å². The summed E-state index contributed by atoms with van der Waals surface area (Å²) in [5.41, 5.74) is 5.28. The van der Waals surface area contributed by atoms with Gasteiger partial charge in [-0.3, -0.25) is 9.59 Å². The molecule has 1 rings (SSSR count). The van der Waals surface area contributed by atoms with Crippen molar-refractivity contribution in [3.05, 3.63) is 5.69 Å². The van der Waals surface area contributed by atoms with Crippen LogP contribution >= 0.6 is 0 Å². The van der Waals surface area contributed by atoms with E-state index < -0.39 is 5.91 Å². The summed E-state index contributed by atoms with van der Waals surface area (Å²) in [5, 5.41) is 9.33. The van der Waals surface area contributed by atoms with Crippen LogP contribution in [0.2, 0.25) is 0 Å². The number of nitrogen functional groups attached to an aromatic ring is 1. The van der Waals surface area contributed by atoms with E-state index in [0.29, 0.717) is 0 Å². The monoisotopic (exact) mass is 241 g/mol. The van der Waals surface area contributed by atoms with Crippen LogP contribution in [0.25, 0.3) is 0 Å². The van der Waals surface area contributed by atoms with Crippen molar-refractivity contribution in [2.75, 3.05) is 19.3 Å². The van der Waals surface area contributed by atoms with Crippen molar-refractivity contribution in [2.24, 2.45) is 0 Å². The lowest BCUT2D eigenvalue weighted by Gasteiger charge is -2.16. The Kier molecular flexibility index (Phi) is 4.02. The molecule has 0 saturated heterocycles. The van der Waals surface area contributed by atoms with Crippen molar-refractivity contribution in [3.8, 4) is 0 Å². The predicted molar refractivity (Wildman–Crippen MR) is 58.9 cm³/mol. The molecule has 0 unspecified atom stereocenters. The molecule has 0 bridgehead atoms. The van der Waals surface area contributed by atoms with E-state index in [1.54, 1.807) is 0 Å². The van der Waals surface area contributed by atoms with Crippen molar-refractivity contribution < 1.29 is 14.2 Å². The molecule has 3 N–H and O–H groups in total. The third-order valence-electron chi connectivity index (χ3n) is 1.89. The first-order chi connectivity index (χ1) is 7.91. The van der Waals surface area contributed by atoms with E-state index in [1.165, 1.54) is 11.9 Å². The van der Waals surface area contributed by atoms with E-state index >= 15 is 0 Å². The number of amides is 2. The lowest BCUT2D eigenvalue weighted by molar-refractivity contribution is -0.122. The van der Waals surface area contributed by atoms with Gasteiger partial charge in [-0.25, -0.2) is 4.63 Å². The van der Waals surface area contributed by atoms with E-state index in [2.05, 4.69) is 20.3 Å². The Morgan fingerprint density at radius 2 is 2.12 bits per heavy atom. The average molecular weight is 241 g/mol. The summed E-state index contributed by atoms with van der Waals surface area (Å²) in [5.74, 6) is -0.861. The van der Waals surface area contributed by atoms with E-state index in [0.717, 1.165) is 0 Å². The van der Waals surface area contributed by atoms with Crippen LogP contribution in [-0.2, 0) is 4.79 Å². The largest absolute Gasteiger partial charge is 0.379 e. The van der Waals surface area contributed by atoms with Crippen molar-refractivity contribution in [1.82, 2.24) is 20.5 Å². The van der Waals surface area contributed by atoms with Crippen LogP contribution in [0.1, 0.15) is 24.3 Å². The Balaban J connectivity index is 2.59. The van der Waals surface area contributed by atoms with Gasteiger partial charge < -0.3 is 16.0 Å². The minimum Gasteiger partial charge on any atom is -0.379 e. The SMILES string of the molecule is CC(C)NC(=O)CN(C)C(=O)c1nonc1N. The van der Waals surface area contributed by atoms with Crippen LogP contribution in [0, 0.1) is 0 Å². The van der Waals surface area contributed by atoms with Gasteiger partial charge in [-0.2, -0.15) is 0 Å². The topological polar surface area (TPSA) is 114 Å². The number of hydrogen-bond donors (Lipinski definition) is 2. The van der Waals surface area contributed by atoms with Gasteiger partial charge in [0.2, 0.25) is 17.4 Å². The van der Waals surface area contributed by atoms with Crippen molar-refractivity contribution in [3.63, 3.8) is 0 Å². The van der Waals surface area contributed by atoms with E-state index in [4.69, 9.17) is 5.73 Å². The predicted octanol–water partition coefficient (Wildman–Crippen LogP) is -0.752. The van der Waals surface area contributed by atoms with Gasteiger partial charge in [-0.1, -0.05) is 0 Å². The second-order valence-electron chi connectivity index (χ2n) is 3.88. The van der Waals surface area contributed by atoms with E-state index in [9.17, 15) is 9.59 Å². The van der Waals surface area contributed by atoms with Crippen LogP contribution in [0.3, 0.4) is 0 Å². The molecule has 0 aromatic carbocycles. The zero-order chi connectivity index (χ0) is 13.0. The molecule has 1 aromatic rings. The maximum absolute atomic E-state index is 11.8. The molecule has 1 aromatic heterocycles. The number of nitrogens with two attached hydrogens (primary N) is 1. The van der Waals surface area contributed by atoms with Crippen LogP contribution in [-0.4, -0.2) is 46.7 Å². The summed E-state index contributed by atoms with van der Waals surface area (Å²) in [6.07, 6.45) is 0. The van der Waals surface area contributed by atoms with Gasteiger partial charge >= 0.3 is 0 Å². The summed E-state index contributed by atoms with van der Waals surface area (Å²) < 4.78 is 4.31. The summed E-state index contributed by atoms with van der Waals surface area (Å²) in [7, 11) is 1.47. The highest BCUT2D eigenvalue weighted by molar-refractivity contribution is 5.97. The Morgan fingerprint density at radius 1 is 1.47 bits per heavy atom. The van der Waals surface area contributed by atoms with E-state index in [-0.39, 0.29) is 30.0 Å². The lowest BCUT2D eigenvalue weighted by atomic mass is 10.3. The summed E-state index contributed by atoms with van der Waals surface area (Å²) in [4.78, 5) is 24.4. The number of rotatable bonds is 4. The molecule has 17 heavy (non-hydrogen) atoms. The van der Waals surface area contributed by atoms with Gasteiger partial charge in [0, 0.05) is 13.1 Å². The van der Waals surface area contributed by atoms with Gasteiger partial charge in [0.1, 0.15) is 0 Å². The molecule has 1 heterocycles. The summed E-state index contributed by atoms with van der Waals surface area (Å²) in [6.45, 7) is 3.59. The molecular formula is C9H15N5O3. The highest BCUT2D eigenvalue weighted by atomic mass is 16.6. The first kappa shape index (κ1) is 12.9.